The standard InChI is InChI=1S/C18H26N2O4S.ClH/c1-20(15-11-13-3-4-14(12-15)19-13)18(21)9-10-24-16-5-7-17(8-6-16)25(2,22)23;/h5-8,13-15,19H,3-4,9-12H2,1-2H3;1H. The van der Waals surface area contributed by atoms with Crippen LogP contribution in [0.15, 0.2) is 29.2 Å². The number of ether oxygens (including phenoxy) is 1. The maximum Gasteiger partial charge on any atom is 0.225 e. The van der Waals surface area contributed by atoms with Gasteiger partial charge in [0, 0.05) is 31.4 Å². The van der Waals surface area contributed by atoms with E-state index in [1.54, 1.807) is 12.1 Å². The first-order valence-electron chi connectivity index (χ1n) is 8.77. The van der Waals surface area contributed by atoms with E-state index in [-0.39, 0.29) is 23.2 Å². The first-order valence-corrected chi connectivity index (χ1v) is 10.7. The molecule has 1 N–H and O–H groups in total. The van der Waals surface area contributed by atoms with Crippen LogP contribution in [0.5, 0.6) is 5.75 Å². The Balaban J connectivity index is 0.00000243. The lowest BCUT2D eigenvalue weighted by Crippen LogP contribution is -2.48. The SMILES string of the molecule is CN(C(=O)CCOc1ccc(S(C)(=O)=O)cc1)C1CC2CCC(C1)N2.Cl. The molecule has 1 aromatic rings. The van der Waals surface area contributed by atoms with Crippen LogP contribution < -0.4 is 10.1 Å². The van der Waals surface area contributed by atoms with E-state index in [0.29, 0.717) is 36.9 Å². The Bertz CT molecular complexity index is 711. The van der Waals surface area contributed by atoms with Crippen LogP contribution >= 0.6 is 12.4 Å². The van der Waals surface area contributed by atoms with Crippen molar-refractivity contribution in [3.05, 3.63) is 24.3 Å². The van der Waals surface area contributed by atoms with Crippen LogP contribution in [0.25, 0.3) is 0 Å². The molecule has 2 fully saturated rings. The van der Waals surface area contributed by atoms with E-state index in [4.69, 9.17) is 4.74 Å². The van der Waals surface area contributed by atoms with Crippen LogP contribution in [0.3, 0.4) is 0 Å². The molecule has 3 rings (SSSR count). The second kappa shape index (κ2) is 8.59. The molecule has 2 bridgehead atoms. The van der Waals surface area contributed by atoms with Crippen LogP contribution in [-0.2, 0) is 14.6 Å². The van der Waals surface area contributed by atoms with Gasteiger partial charge in [0.2, 0.25) is 5.91 Å². The van der Waals surface area contributed by atoms with Gasteiger partial charge in [0.05, 0.1) is 17.9 Å². The third-order valence-electron chi connectivity index (χ3n) is 5.23. The molecule has 6 nitrogen and oxygen atoms in total. The number of hydrogen-bond acceptors (Lipinski definition) is 5. The van der Waals surface area contributed by atoms with Crippen molar-refractivity contribution in [3.63, 3.8) is 0 Å². The van der Waals surface area contributed by atoms with Crippen molar-refractivity contribution in [2.75, 3.05) is 19.9 Å². The summed E-state index contributed by atoms with van der Waals surface area (Å²) in [6.45, 7) is 0.291. The molecule has 2 unspecified atom stereocenters. The average molecular weight is 403 g/mol. The summed E-state index contributed by atoms with van der Waals surface area (Å²) < 4.78 is 28.4. The van der Waals surface area contributed by atoms with Gasteiger partial charge in [-0.3, -0.25) is 4.79 Å². The number of sulfone groups is 1. The summed E-state index contributed by atoms with van der Waals surface area (Å²) in [6.07, 6.45) is 6.00. The number of carbonyl (C=O) groups excluding carboxylic acids is 1. The van der Waals surface area contributed by atoms with Crippen molar-refractivity contribution in [1.29, 1.82) is 0 Å². The van der Waals surface area contributed by atoms with E-state index in [0.717, 1.165) is 12.8 Å². The third-order valence-corrected chi connectivity index (χ3v) is 6.35. The molecule has 2 heterocycles. The molecule has 1 amide bonds. The molecule has 0 radical (unpaired) electrons. The number of piperidine rings is 1. The molecule has 2 aliphatic rings. The molecule has 0 aromatic heterocycles. The van der Waals surface area contributed by atoms with Gasteiger partial charge in [0.15, 0.2) is 9.84 Å². The van der Waals surface area contributed by atoms with Crippen LogP contribution in [0.2, 0.25) is 0 Å². The monoisotopic (exact) mass is 402 g/mol. The molecular weight excluding hydrogens is 376 g/mol. The van der Waals surface area contributed by atoms with Gasteiger partial charge in [-0.15, -0.1) is 12.4 Å². The highest BCUT2D eigenvalue weighted by Gasteiger charge is 2.36. The van der Waals surface area contributed by atoms with Gasteiger partial charge in [0.25, 0.3) is 0 Å². The summed E-state index contributed by atoms with van der Waals surface area (Å²) >= 11 is 0. The Morgan fingerprint density at radius 2 is 1.77 bits per heavy atom. The van der Waals surface area contributed by atoms with Gasteiger partial charge >= 0.3 is 0 Å². The molecule has 26 heavy (non-hydrogen) atoms. The number of fused-ring (bicyclic) bond motifs is 2. The van der Waals surface area contributed by atoms with Crippen LogP contribution in [0, 0.1) is 0 Å². The molecule has 1 aromatic carbocycles. The van der Waals surface area contributed by atoms with Crippen molar-refractivity contribution in [2.45, 2.75) is 55.1 Å². The van der Waals surface area contributed by atoms with E-state index in [1.807, 2.05) is 11.9 Å². The second-order valence-electron chi connectivity index (χ2n) is 7.11. The Kier molecular flexibility index (Phi) is 6.93. The average Bonchev–Trinajstić information content (AvgIpc) is 2.91. The zero-order valence-electron chi connectivity index (χ0n) is 15.2. The van der Waals surface area contributed by atoms with Crippen molar-refractivity contribution in [2.24, 2.45) is 0 Å². The van der Waals surface area contributed by atoms with Crippen LogP contribution in [0.1, 0.15) is 32.1 Å². The highest BCUT2D eigenvalue weighted by molar-refractivity contribution is 7.90. The van der Waals surface area contributed by atoms with Gasteiger partial charge in [-0.1, -0.05) is 0 Å². The van der Waals surface area contributed by atoms with E-state index in [1.165, 1.54) is 31.2 Å². The van der Waals surface area contributed by atoms with Crippen molar-refractivity contribution < 1.29 is 17.9 Å². The molecule has 146 valence electrons. The van der Waals surface area contributed by atoms with Gasteiger partial charge < -0.3 is 15.0 Å². The predicted octanol–water partition coefficient (Wildman–Crippen LogP) is 2.02. The number of amides is 1. The maximum absolute atomic E-state index is 12.4. The minimum Gasteiger partial charge on any atom is -0.493 e. The van der Waals surface area contributed by atoms with Gasteiger partial charge in [-0.2, -0.15) is 0 Å². The number of rotatable bonds is 6. The summed E-state index contributed by atoms with van der Waals surface area (Å²) in [6, 6.07) is 7.71. The van der Waals surface area contributed by atoms with E-state index in [2.05, 4.69) is 5.32 Å². The Hall–Kier alpha value is -1.31. The van der Waals surface area contributed by atoms with Gasteiger partial charge in [-0.25, -0.2) is 8.42 Å². The fourth-order valence-corrected chi connectivity index (χ4v) is 4.39. The summed E-state index contributed by atoms with van der Waals surface area (Å²) in [5.41, 5.74) is 0. The minimum absolute atomic E-state index is 0. The summed E-state index contributed by atoms with van der Waals surface area (Å²) in [7, 11) is -1.32. The number of nitrogens with zero attached hydrogens (tertiary/aromatic N) is 1. The Morgan fingerprint density at radius 3 is 2.31 bits per heavy atom. The molecule has 2 atom stereocenters. The number of hydrogen-bond donors (Lipinski definition) is 1. The number of carbonyl (C=O) groups is 1. The van der Waals surface area contributed by atoms with E-state index < -0.39 is 9.84 Å². The summed E-state index contributed by atoms with van der Waals surface area (Å²) in [5, 5.41) is 3.59. The predicted molar refractivity (Wildman–Crippen MR) is 103 cm³/mol. The number of benzene rings is 1. The highest BCUT2D eigenvalue weighted by atomic mass is 35.5. The first kappa shape index (κ1) is 21.0. The van der Waals surface area contributed by atoms with Crippen molar-refractivity contribution in [1.82, 2.24) is 10.2 Å². The zero-order valence-corrected chi connectivity index (χ0v) is 16.8. The lowest BCUT2D eigenvalue weighted by atomic mass is 9.98. The van der Waals surface area contributed by atoms with Gasteiger partial charge in [0.1, 0.15) is 5.75 Å². The molecule has 0 saturated carbocycles. The second-order valence-corrected chi connectivity index (χ2v) is 9.13. The Labute approximate surface area is 161 Å². The van der Waals surface area contributed by atoms with Crippen molar-refractivity contribution in [3.8, 4) is 5.75 Å². The summed E-state index contributed by atoms with van der Waals surface area (Å²) in [5.74, 6) is 0.668. The third kappa shape index (κ3) is 5.11. The van der Waals surface area contributed by atoms with Crippen molar-refractivity contribution >= 4 is 28.2 Å². The lowest BCUT2D eigenvalue weighted by molar-refractivity contribution is -0.133. The van der Waals surface area contributed by atoms with Gasteiger partial charge in [-0.05, 0) is 49.9 Å². The molecule has 8 heteroatoms. The smallest absolute Gasteiger partial charge is 0.225 e. The van der Waals surface area contributed by atoms with Crippen LogP contribution in [0.4, 0.5) is 0 Å². The van der Waals surface area contributed by atoms with E-state index in [9.17, 15) is 13.2 Å². The molecule has 2 aliphatic heterocycles. The maximum atomic E-state index is 12.4. The lowest BCUT2D eigenvalue weighted by Gasteiger charge is -2.35. The number of nitrogens with one attached hydrogen (secondary N) is 1. The largest absolute Gasteiger partial charge is 0.493 e. The first-order chi connectivity index (χ1) is 11.8. The molecule has 0 aliphatic carbocycles. The summed E-state index contributed by atoms with van der Waals surface area (Å²) in [4.78, 5) is 14.5. The molecular formula is C18H27ClN2O4S. The highest BCUT2D eigenvalue weighted by Crippen LogP contribution is 2.29. The quantitative estimate of drug-likeness (QED) is 0.787. The normalized spacial score (nSPS) is 24.6. The van der Waals surface area contributed by atoms with Crippen LogP contribution in [-0.4, -0.2) is 57.3 Å². The fourth-order valence-electron chi connectivity index (χ4n) is 3.76. The zero-order chi connectivity index (χ0) is 18.0. The topological polar surface area (TPSA) is 75.7 Å². The minimum atomic E-state index is -3.20. The fraction of sp³-hybridized carbons (Fsp3) is 0.611. The number of halogens is 1. The molecule has 0 spiro atoms. The molecule has 2 saturated heterocycles. The Morgan fingerprint density at radius 1 is 1.19 bits per heavy atom. The van der Waals surface area contributed by atoms with E-state index >= 15 is 0 Å².